The van der Waals surface area contributed by atoms with Crippen molar-refractivity contribution in [2.75, 3.05) is 0 Å². The maximum absolute atomic E-state index is 3.91. The zero-order valence-corrected chi connectivity index (χ0v) is 9.61. The topological polar surface area (TPSA) is 77.3 Å². The maximum Gasteiger partial charge on any atom is 0.0451 e. The minimum Gasteiger partial charge on any atom is -0.262 e. The molecule has 6 nitrogen and oxygen atoms in total. The summed E-state index contributed by atoms with van der Waals surface area (Å²) in [6, 6.07) is 0. The lowest BCUT2D eigenvalue weighted by atomic mass is 10.8. The molecule has 0 unspecified atom stereocenters. The molecule has 0 saturated carbocycles. The van der Waals surface area contributed by atoms with Crippen molar-refractivity contribution >= 4 is 0 Å². The van der Waals surface area contributed by atoms with Crippen molar-refractivity contribution in [2.24, 2.45) is 0 Å². The molecule has 0 aromatic carbocycles. The lowest BCUT2D eigenvalue weighted by molar-refractivity contribution is 1.20. The molecule has 0 N–H and O–H groups in total. The third-order valence-corrected chi connectivity index (χ3v) is 1.43. The Kier molecular flexibility index (Phi) is 7.94. The highest BCUT2D eigenvalue weighted by Gasteiger charge is 1.60. The maximum atomic E-state index is 3.91. The first-order chi connectivity index (χ1) is 9.00. The van der Waals surface area contributed by atoms with Gasteiger partial charge in [0.2, 0.25) is 0 Å². The Bertz CT molecular complexity index is 307. The average molecular weight is 240 g/mol. The van der Waals surface area contributed by atoms with Crippen molar-refractivity contribution < 1.29 is 0 Å². The van der Waals surface area contributed by atoms with Crippen LogP contribution >= 0.6 is 0 Å². The highest BCUT2D eigenvalue weighted by Crippen LogP contribution is 1.66. The Balaban J connectivity index is 3.00. The van der Waals surface area contributed by atoms with E-state index in [1.165, 1.54) is 0 Å². The summed E-state index contributed by atoms with van der Waals surface area (Å²) >= 11 is 0. The van der Waals surface area contributed by atoms with Gasteiger partial charge in [-0.25, -0.2) is 0 Å². The molecule has 1 aromatic rings. The molecule has 1 rings (SSSR count). The van der Waals surface area contributed by atoms with Gasteiger partial charge in [0.15, 0.2) is 0 Å². The van der Waals surface area contributed by atoms with Gasteiger partial charge in [0, 0.05) is 74.4 Å². The van der Waals surface area contributed by atoms with Gasteiger partial charge in [-0.3, -0.25) is 29.9 Å². The number of aromatic nitrogens is 6. The van der Waals surface area contributed by atoms with Crippen molar-refractivity contribution in [3.8, 4) is 0 Å². The Labute approximate surface area is 105 Å². The number of rotatable bonds is 0. The van der Waals surface area contributed by atoms with Crippen LogP contribution in [0.5, 0.6) is 0 Å². The molecule has 0 aliphatic carbocycles. The second-order valence-corrected chi connectivity index (χ2v) is 2.68. The Morgan fingerprint density at radius 1 is 0.222 bits per heavy atom. The fourth-order valence-electron chi connectivity index (χ4n) is 0.760. The lowest BCUT2D eigenvalue weighted by Gasteiger charge is -1.70. The van der Waals surface area contributed by atoms with E-state index in [1.54, 1.807) is 74.4 Å². The molecule has 0 atom stereocenters. The summed E-state index contributed by atoms with van der Waals surface area (Å²) in [6.45, 7) is 0. The van der Waals surface area contributed by atoms with Crippen LogP contribution in [0.15, 0.2) is 74.4 Å². The van der Waals surface area contributed by atoms with Crippen LogP contribution in [0, 0.1) is 0 Å². The van der Waals surface area contributed by atoms with Gasteiger partial charge < -0.3 is 0 Å². The molecule has 0 saturated heterocycles. The van der Waals surface area contributed by atoms with Gasteiger partial charge in [-0.1, -0.05) is 0 Å². The van der Waals surface area contributed by atoms with Gasteiger partial charge in [0.25, 0.3) is 0 Å². The van der Waals surface area contributed by atoms with Gasteiger partial charge in [-0.2, -0.15) is 0 Å². The smallest absolute Gasteiger partial charge is 0.0451 e. The highest BCUT2D eigenvalue weighted by molar-refractivity contribution is 4.71. The summed E-state index contributed by atoms with van der Waals surface area (Å²) in [6.07, 6.45) is 18.5. The fraction of sp³-hybridized carbons (Fsp3) is 0. The molecule has 0 fully saturated rings. The lowest BCUT2D eigenvalue weighted by Crippen LogP contribution is -1.66. The van der Waals surface area contributed by atoms with Crippen LogP contribution in [0.1, 0.15) is 0 Å². The Morgan fingerprint density at radius 3 is 0.444 bits per heavy atom. The van der Waals surface area contributed by atoms with E-state index in [1.807, 2.05) is 0 Å². The molecule has 0 radical (unpaired) electrons. The monoisotopic (exact) mass is 240 g/mol. The molecule has 1 heterocycles. The largest absolute Gasteiger partial charge is 0.262 e. The average Bonchev–Trinajstić information content (AvgIpc) is 2.39. The van der Waals surface area contributed by atoms with Crippen LogP contribution in [0.4, 0.5) is 0 Å². The van der Waals surface area contributed by atoms with Gasteiger partial charge in [-0.15, -0.1) is 0 Å². The van der Waals surface area contributed by atoms with Gasteiger partial charge >= 0.3 is 0 Å². The van der Waals surface area contributed by atoms with E-state index in [0.29, 0.717) is 0 Å². The van der Waals surface area contributed by atoms with Gasteiger partial charge in [0.1, 0.15) is 0 Å². The summed E-state index contributed by atoms with van der Waals surface area (Å²) in [7, 11) is 0. The first-order valence-corrected chi connectivity index (χ1v) is 5.10. The molecule has 18 heavy (non-hydrogen) atoms. The van der Waals surface area contributed by atoms with E-state index < -0.39 is 0 Å². The zero-order valence-electron chi connectivity index (χ0n) is 9.61. The minimum atomic E-state index is 1.54. The predicted molar refractivity (Wildman–Crippen MR) is 66.1 cm³/mol. The van der Waals surface area contributed by atoms with Crippen LogP contribution in [0.2, 0.25) is 0 Å². The molecule has 0 spiro atoms. The normalized spacial score (nSPS) is 8.00. The molecular formula is C12H12N6. The van der Waals surface area contributed by atoms with E-state index in [2.05, 4.69) is 29.9 Å². The van der Waals surface area contributed by atoms with E-state index >= 15 is 0 Å². The number of nitrogens with zero attached hydrogens (tertiary/aromatic N) is 6. The van der Waals surface area contributed by atoms with E-state index in [9.17, 15) is 0 Å². The summed E-state index contributed by atoms with van der Waals surface area (Å²) < 4.78 is 0. The summed E-state index contributed by atoms with van der Waals surface area (Å²) in [4.78, 5) is 23.5. The molecule has 90 valence electrons. The van der Waals surface area contributed by atoms with Crippen LogP contribution in [0.3, 0.4) is 0 Å². The predicted octanol–water partition coefficient (Wildman–Crippen LogP) is 1.43. The third-order valence-electron chi connectivity index (χ3n) is 1.43. The van der Waals surface area contributed by atoms with Crippen LogP contribution in [-0.2, 0) is 0 Å². The second kappa shape index (κ2) is 10.7. The summed E-state index contributed by atoms with van der Waals surface area (Å²) in [5, 5.41) is 0. The van der Waals surface area contributed by atoms with Crippen molar-refractivity contribution in [3.05, 3.63) is 74.4 Å². The number of hydrogen-bond acceptors (Lipinski definition) is 6. The third kappa shape index (κ3) is 8.54. The molecule has 6 heteroatoms. The SMILES string of the molecule is c1cnccnccnccnccnccn1. The van der Waals surface area contributed by atoms with Crippen LogP contribution in [0.25, 0.3) is 0 Å². The van der Waals surface area contributed by atoms with Crippen molar-refractivity contribution in [2.45, 2.75) is 0 Å². The molecular weight excluding hydrogens is 228 g/mol. The summed E-state index contributed by atoms with van der Waals surface area (Å²) in [5.41, 5.74) is 0. The number of hydrogen-bond donors (Lipinski definition) is 0. The van der Waals surface area contributed by atoms with Crippen molar-refractivity contribution in [1.82, 2.24) is 29.9 Å². The molecule has 0 amide bonds. The van der Waals surface area contributed by atoms with Crippen molar-refractivity contribution in [3.63, 3.8) is 0 Å². The van der Waals surface area contributed by atoms with E-state index in [4.69, 9.17) is 0 Å². The quantitative estimate of drug-likeness (QED) is 0.682. The Morgan fingerprint density at radius 2 is 0.333 bits per heavy atom. The minimum absolute atomic E-state index is 1.54. The molecule has 0 aliphatic heterocycles. The fourth-order valence-corrected chi connectivity index (χ4v) is 0.760. The van der Waals surface area contributed by atoms with Crippen molar-refractivity contribution in [1.29, 1.82) is 0 Å². The van der Waals surface area contributed by atoms with Gasteiger partial charge in [0.05, 0.1) is 0 Å². The Hall–Kier alpha value is -2.76. The van der Waals surface area contributed by atoms with E-state index in [-0.39, 0.29) is 0 Å². The zero-order chi connectivity index (χ0) is 12.7. The molecule has 0 bridgehead atoms. The second-order valence-electron chi connectivity index (χ2n) is 2.68. The van der Waals surface area contributed by atoms with E-state index in [0.717, 1.165) is 0 Å². The van der Waals surface area contributed by atoms with Gasteiger partial charge in [-0.05, 0) is 0 Å². The first-order valence-electron chi connectivity index (χ1n) is 5.10. The molecule has 1 aromatic heterocycles. The standard InChI is InChI=1S/C12H12N6/c1-2-14-5-6-16-9-10-18-12-11-17-8-7-15-4-3-13-1/h1-12H. The summed E-state index contributed by atoms with van der Waals surface area (Å²) in [5.74, 6) is 0. The van der Waals surface area contributed by atoms with Crippen LogP contribution in [-0.4, -0.2) is 29.9 Å². The van der Waals surface area contributed by atoms with Crippen LogP contribution < -0.4 is 0 Å². The highest BCUT2D eigenvalue weighted by atomic mass is 14.7. The first kappa shape index (κ1) is 13.3. The molecule has 0 aliphatic rings.